The number of halogens is 6. The fourth-order valence-corrected chi connectivity index (χ4v) is 1.81. The van der Waals surface area contributed by atoms with E-state index < -0.39 is 29.0 Å². The predicted octanol–water partition coefficient (Wildman–Crippen LogP) is 3.52. The van der Waals surface area contributed by atoms with Crippen molar-refractivity contribution < 1.29 is 31.4 Å². The minimum absolute atomic E-state index is 0.116. The molecule has 108 valence electrons. The summed E-state index contributed by atoms with van der Waals surface area (Å²) in [6.45, 7) is -0.116. The van der Waals surface area contributed by atoms with Gasteiger partial charge in [-0.3, -0.25) is 4.99 Å². The molecular formula is C10H9F6NOS. The van der Waals surface area contributed by atoms with Crippen molar-refractivity contribution in [2.75, 3.05) is 6.54 Å². The molecule has 9 heteroatoms. The Morgan fingerprint density at radius 2 is 1.79 bits per heavy atom. The van der Waals surface area contributed by atoms with E-state index in [2.05, 4.69) is 4.99 Å². The van der Waals surface area contributed by atoms with Gasteiger partial charge in [-0.2, -0.15) is 26.3 Å². The number of hydrogen-bond donors (Lipinski definition) is 1. The zero-order valence-corrected chi connectivity index (χ0v) is 10.1. The van der Waals surface area contributed by atoms with Gasteiger partial charge in [-0.1, -0.05) is 6.07 Å². The van der Waals surface area contributed by atoms with Crippen LogP contribution in [-0.2, 0) is 6.18 Å². The minimum Gasteiger partial charge on any atom is -0.391 e. The van der Waals surface area contributed by atoms with Crippen LogP contribution in [0.25, 0.3) is 0 Å². The Balaban J connectivity index is 0.000000191. The van der Waals surface area contributed by atoms with Gasteiger partial charge >= 0.3 is 12.4 Å². The maximum atomic E-state index is 11.7. The van der Waals surface area contributed by atoms with Gasteiger partial charge in [0.05, 0.1) is 12.6 Å². The Bertz CT molecular complexity index is 422. The molecule has 19 heavy (non-hydrogen) atoms. The van der Waals surface area contributed by atoms with Crippen LogP contribution in [0.5, 0.6) is 0 Å². The van der Waals surface area contributed by atoms with Gasteiger partial charge in [0.15, 0.2) is 0 Å². The number of aliphatic hydroxyl groups excluding tert-OH is 1. The van der Waals surface area contributed by atoms with Gasteiger partial charge < -0.3 is 5.11 Å². The molecular weight excluding hydrogens is 296 g/mol. The fourth-order valence-electron chi connectivity index (χ4n) is 1.21. The van der Waals surface area contributed by atoms with Crippen molar-refractivity contribution in [2.24, 2.45) is 4.99 Å². The molecule has 0 amide bonds. The van der Waals surface area contributed by atoms with E-state index in [1.54, 1.807) is 0 Å². The van der Waals surface area contributed by atoms with Crippen LogP contribution in [0.1, 0.15) is 11.3 Å². The second-order valence-electron chi connectivity index (χ2n) is 3.62. The predicted molar refractivity (Wildman–Crippen MR) is 58.3 cm³/mol. The molecule has 1 N–H and O–H groups in total. The molecule has 1 aliphatic rings. The summed E-state index contributed by atoms with van der Waals surface area (Å²) in [6.07, 6.45) is -9.80. The Labute approximate surface area is 108 Å². The van der Waals surface area contributed by atoms with E-state index in [0.717, 1.165) is 6.07 Å². The van der Waals surface area contributed by atoms with Crippen molar-refractivity contribution in [3.05, 3.63) is 22.4 Å². The second kappa shape index (κ2) is 5.91. The number of thiophene rings is 1. The van der Waals surface area contributed by atoms with Crippen molar-refractivity contribution in [1.29, 1.82) is 0 Å². The fraction of sp³-hybridized carbons (Fsp3) is 0.500. The maximum absolute atomic E-state index is 11.7. The van der Waals surface area contributed by atoms with E-state index >= 15 is 0 Å². The highest BCUT2D eigenvalue weighted by atomic mass is 32.1. The molecule has 1 aromatic heterocycles. The van der Waals surface area contributed by atoms with E-state index in [-0.39, 0.29) is 13.0 Å². The second-order valence-corrected chi connectivity index (χ2v) is 4.57. The van der Waals surface area contributed by atoms with Crippen LogP contribution in [0.15, 0.2) is 22.5 Å². The normalized spacial score (nSPS) is 19.7. The summed E-state index contributed by atoms with van der Waals surface area (Å²) in [7, 11) is 0. The Kier molecular flexibility index (Phi) is 4.97. The van der Waals surface area contributed by atoms with E-state index in [9.17, 15) is 26.3 Å². The minimum atomic E-state index is -4.35. The molecule has 2 rings (SSSR count). The molecule has 1 aliphatic heterocycles. The number of alkyl halides is 6. The smallest absolute Gasteiger partial charge is 0.391 e. The third-order valence-electron chi connectivity index (χ3n) is 2.05. The molecule has 1 atom stereocenters. The quantitative estimate of drug-likeness (QED) is 0.731. The lowest BCUT2D eigenvalue weighted by Gasteiger charge is -2.04. The summed E-state index contributed by atoms with van der Waals surface area (Å²) in [5, 5.41) is 10.1. The van der Waals surface area contributed by atoms with E-state index in [0.29, 0.717) is 11.3 Å². The van der Waals surface area contributed by atoms with Gasteiger partial charge in [-0.05, 0) is 11.4 Å². The van der Waals surface area contributed by atoms with E-state index in [1.807, 2.05) is 0 Å². The van der Waals surface area contributed by atoms with Crippen LogP contribution in [0.3, 0.4) is 0 Å². The SMILES string of the molecule is FC(F)(F)c1cccs1.OC1CN=C(C(F)(F)F)C1. The highest BCUT2D eigenvalue weighted by Crippen LogP contribution is 2.32. The zero-order chi connectivity index (χ0) is 14.7. The Hall–Kier alpha value is -1.09. The number of aliphatic imine (C=N–C) groups is 1. The molecule has 2 nitrogen and oxygen atoms in total. The molecule has 0 saturated heterocycles. The van der Waals surface area contributed by atoms with Crippen LogP contribution in [-0.4, -0.2) is 29.6 Å². The summed E-state index contributed by atoms with van der Waals surface area (Å²) in [4.78, 5) is 2.59. The lowest BCUT2D eigenvalue weighted by Crippen LogP contribution is -2.22. The first kappa shape index (κ1) is 16.0. The van der Waals surface area contributed by atoms with Gasteiger partial charge in [0, 0.05) is 6.42 Å². The summed E-state index contributed by atoms with van der Waals surface area (Å²) < 4.78 is 70.0. The van der Waals surface area contributed by atoms with Crippen LogP contribution in [0, 0.1) is 0 Å². The Morgan fingerprint density at radius 3 is 2.00 bits per heavy atom. The topological polar surface area (TPSA) is 32.6 Å². The molecule has 1 aromatic rings. The van der Waals surface area contributed by atoms with Gasteiger partial charge in [0.2, 0.25) is 0 Å². The van der Waals surface area contributed by atoms with Crippen molar-refractivity contribution in [2.45, 2.75) is 24.9 Å². The van der Waals surface area contributed by atoms with Crippen LogP contribution in [0.4, 0.5) is 26.3 Å². The van der Waals surface area contributed by atoms with Gasteiger partial charge in [-0.25, -0.2) is 0 Å². The number of rotatable bonds is 0. The van der Waals surface area contributed by atoms with Gasteiger partial charge in [-0.15, -0.1) is 11.3 Å². The first-order chi connectivity index (χ1) is 8.60. The highest BCUT2D eigenvalue weighted by Gasteiger charge is 2.38. The van der Waals surface area contributed by atoms with Crippen molar-refractivity contribution >= 4 is 17.0 Å². The van der Waals surface area contributed by atoms with Gasteiger partial charge in [0.1, 0.15) is 10.6 Å². The van der Waals surface area contributed by atoms with E-state index in [4.69, 9.17) is 5.11 Å². The average Bonchev–Trinajstić information content (AvgIpc) is 2.84. The van der Waals surface area contributed by atoms with Gasteiger partial charge in [0.25, 0.3) is 0 Å². The highest BCUT2D eigenvalue weighted by molar-refractivity contribution is 7.10. The molecule has 0 spiro atoms. The number of nitrogens with zero attached hydrogens (tertiary/aromatic N) is 1. The lowest BCUT2D eigenvalue weighted by molar-refractivity contribution is -0.134. The van der Waals surface area contributed by atoms with Crippen molar-refractivity contribution in [3.8, 4) is 0 Å². The largest absolute Gasteiger partial charge is 0.429 e. The van der Waals surface area contributed by atoms with E-state index in [1.165, 1.54) is 11.4 Å². The average molecular weight is 305 g/mol. The molecule has 2 heterocycles. The molecule has 0 bridgehead atoms. The first-order valence-electron chi connectivity index (χ1n) is 5.00. The molecule has 1 unspecified atom stereocenters. The zero-order valence-electron chi connectivity index (χ0n) is 9.29. The standard InChI is InChI=1S/C5H6F3NO.C5H3F3S/c6-5(7,8)4-1-3(10)2-9-4;6-5(7,8)4-2-1-3-9-4/h3,10H,1-2H2;1-3H. The third-order valence-corrected chi connectivity index (χ3v) is 2.96. The molecule has 0 radical (unpaired) electrons. The Morgan fingerprint density at radius 1 is 1.16 bits per heavy atom. The monoisotopic (exact) mass is 305 g/mol. The number of hydrogen-bond acceptors (Lipinski definition) is 3. The lowest BCUT2D eigenvalue weighted by atomic mass is 10.2. The van der Waals surface area contributed by atoms with Crippen LogP contribution in [0.2, 0.25) is 0 Å². The van der Waals surface area contributed by atoms with Crippen molar-refractivity contribution in [1.82, 2.24) is 0 Å². The molecule has 0 aromatic carbocycles. The third kappa shape index (κ3) is 5.19. The number of aliphatic hydroxyl groups is 1. The molecule has 0 fully saturated rings. The maximum Gasteiger partial charge on any atom is 0.429 e. The summed E-state index contributed by atoms with van der Waals surface area (Å²) in [5.74, 6) is 0. The molecule has 0 aliphatic carbocycles. The summed E-state index contributed by atoms with van der Waals surface area (Å²) in [5.41, 5.74) is -0.847. The van der Waals surface area contributed by atoms with Crippen LogP contribution < -0.4 is 0 Å². The molecule has 0 saturated carbocycles. The summed E-state index contributed by atoms with van der Waals surface area (Å²) >= 11 is 0.705. The van der Waals surface area contributed by atoms with Crippen molar-refractivity contribution in [3.63, 3.8) is 0 Å². The first-order valence-corrected chi connectivity index (χ1v) is 5.88. The van der Waals surface area contributed by atoms with Crippen LogP contribution >= 0.6 is 11.3 Å². The summed E-state index contributed by atoms with van der Waals surface area (Å²) in [6, 6.07) is 2.44.